The summed E-state index contributed by atoms with van der Waals surface area (Å²) in [5.41, 5.74) is 0.632. The van der Waals surface area contributed by atoms with Crippen LogP contribution >= 0.6 is 0 Å². The summed E-state index contributed by atoms with van der Waals surface area (Å²) in [6, 6.07) is 5.65. The van der Waals surface area contributed by atoms with Crippen molar-refractivity contribution in [3.05, 3.63) is 46.8 Å². The van der Waals surface area contributed by atoms with E-state index in [0.717, 1.165) is 37.9 Å². The van der Waals surface area contributed by atoms with Gasteiger partial charge in [0, 0.05) is 38.2 Å². The fourth-order valence-electron chi connectivity index (χ4n) is 4.66. The molecule has 176 valence electrons. The maximum absolute atomic E-state index is 13.2. The molecular weight excluding hydrogens is 425 g/mol. The number of hydrogen-bond acceptors (Lipinski definition) is 6. The Hall–Kier alpha value is -3.07. The summed E-state index contributed by atoms with van der Waals surface area (Å²) in [4.78, 5) is 31.9. The highest BCUT2D eigenvalue weighted by atomic mass is 19.1. The van der Waals surface area contributed by atoms with Crippen LogP contribution < -0.4 is 10.9 Å². The number of benzene rings is 1. The van der Waals surface area contributed by atoms with E-state index in [1.165, 1.54) is 41.6 Å². The van der Waals surface area contributed by atoms with E-state index >= 15 is 0 Å². The van der Waals surface area contributed by atoms with E-state index in [9.17, 15) is 14.0 Å². The normalized spacial score (nSPS) is 19.1. The monoisotopic (exact) mass is 455 g/mol. The van der Waals surface area contributed by atoms with Gasteiger partial charge in [-0.25, -0.2) is 9.37 Å². The second-order valence-corrected chi connectivity index (χ2v) is 9.12. The zero-order chi connectivity index (χ0) is 23.4. The Morgan fingerprint density at radius 3 is 2.64 bits per heavy atom. The zero-order valence-corrected chi connectivity index (χ0v) is 19.1. The lowest BCUT2D eigenvalue weighted by molar-refractivity contribution is -0.121. The van der Waals surface area contributed by atoms with Crippen LogP contribution in [0.2, 0.25) is 0 Å². The molecule has 8 nitrogen and oxygen atoms in total. The number of nitrogens with one attached hydrogen (secondary N) is 1. The van der Waals surface area contributed by atoms with E-state index in [2.05, 4.69) is 34.2 Å². The number of piperidine rings is 1. The van der Waals surface area contributed by atoms with E-state index < -0.39 is 0 Å². The second kappa shape index (κ2) is 10.2. The van der Waals surface area contributed by atoms with E-state index in [4.69, 9.17) is 4.52 Å². The first-order valence-electron chi connectivity index (χ1n) is 11.5. The molecule has 33 heavy (non-hydrogen) atoms. The Morgan fingerprint density at radius 1 is 1.18 bits per heavy atom. The summed E-state index contributed by atoms with van der Waals surface area (Å²) in [6.07, 6.45) is 3.71. The van der Waals surface area contributed by atoms with Crippen molar-refractivity contribution in [3.8, 4) is 11.3 Å². The fraction of sp³-hybridized carbons (Fsp3) is 0.500. The lowest BCUT2D eigenvalue weighted by atomic mass is 9.92. The number of aromatic nitrogens is 3. The van der Waals surface area contributed by atoms with Crippen LogP contribution in [0.4, 0.5) is 4.39 Å². The number of amides is 1. The van der Waals surface area contributed by atoms with Crippen LogP contribution in [0.5, 0.6) is 0 Å². The van der Waals surface area contributed by atoms with Crippen molar-refractivity contribution in [2.45, 2.75) is 39.7 Å². The molecule has 0 spiro atoms. The summed E-state index contributed by atoms with van der Waals surface area (Å²) < 4.78 is 19.8. The number of likely N-dealkylation sites (tertiary alicyclic amines) is 1. The number of carbonyl (C=O) groups is 1. The quantitative estimate of drug-likeness (QED) is 0.525. The average molecular weight is 456 g/mol. The van der Waals surface area contributed by atoms with Gasteiger partial charge in [-0.1, -0.05) is 19.0 Å². The number of nitrogens with zero attached hydrogens (tertiary/aromatic N) is 4. The first kappa shape index (κ1) is 23.1. The minimum Gasteiger partial charge on any atom is -0.356 e. The highest BCUT2D eigenvalue weighted by Gasteiger charge is 2.21. The molecule has 3 aromatic rings. The highest BCUT2D eigenvalue weighted by molar-refractivity contribution is 5.88. The van der Waals surface area contributed by atoms with Gasteiger partial charge in [-0.3, -0.25) is 14.2 Å². The van der Waals surface area contributed by atoms with Gasteiger partial charge in [0.15, 0.2) is 0 Å². The Kier molecular flexibility index (Phi) is 7.17. The molecule has 1 fully saturated rings. The SMILES string of the molecule is C[C@H]1C[C@H](C)CN(CCCNC(=O)CCn2cnc3onc(-c4ccc(F)cc4)c3c2=O)C1. The summed E-state index contributed by atoms with van der Waals surface area (Å²) in [7, 11) is 0. The van der Waals surface area contributed by atoms with Gasteiger partial charge in [-0.2, -0.15) is 0 Å². The van der Waals surface area contributed by atoms with Gasteiger partial charge in [0.05, 0.1) is 0 Å². The molecule has 1 amide bonds. The molecule has 9 heteroatoms. The molecule has 1 aromatic carbocycles. The van der Waals surface area contributed by atoms with Crippen molar-refractivity contribution in [1.82, 2.24) is 24.9 Å². The van der Waals surface area contributed by atoms with Gasteiger partial charge in [-0.05, 0) is 55.5 Å². The van der Waals surface area contributed by atoms with E-state index in [-0.39, 0.29) is 41.3 Å². The summed E-state index contributed by atoms with van der Waals surface area (Å²) in [5.74, 6) is 0.961. The topological polar surface area (TPSA) is 93.3 Å². The molecule has 1 aliphatic heterocycles. The molecule has 0 bridgehead atoms. The largest absolute Gasteiger partial charge is 0.356 e. The highest BCUT2D eigenvalue weighted by Crippen LogP contribution is 2.24. The molecule has 4 rings (SSSR count). The van der Waals surface area contributed by atoms with Crippen molar-refractivity contribution < 1.29 is 13.7 Å². The maximum atomic E-state index is 13.2. The van der Waals surface area contributed by atoms with E-state index in [0.29, 0.717) is 17.8 Å². The first-order valence-corrected chi connectivity index (χ1v) is 11.5. The van der Waals surface area contributed by atoms with Crippen LogP contribution in [-0.2, 0) is 11.3 Å². The Labute approximate surface area is 191 Å². The molecule has 2 aromatic heterocycles. The van der Waals surface area contributed by atoms with Gasteiger partial charge >= 0.3 is 0 Å². The van der Waals surface area contributed by atoms with Gasteiger partial charge in [-0.15, -0.1) is 0 Å². The Bertz CT molecular complexity index is 1150. The maximum Gasteiger partial charge on any atom is 0.266 e. The van der Waals surface area contributed by atoms with Gasteiger partial charge in [0.25, 0.3) is 11.3 Å². The van der Waals surface area contributed by atoms with Crippen LogP contribution in [0.1, 0.15) is 33.1 Å². The van der Waals surface area contributed by atoms with Crippen LogP contribution in [0.25, 0.3) is 22.4 Å². The molecule has 1 saturated heterocycles. The van der Waals surface area contributed by atoms with Crippen LogP contribution in [0.15, 0.2) is 39.9 Å². The number of rotatable bonds is 8. The van der Waals surface area contributed by atoms with Crippen molar-refractivity contribution in [1.29, 1.82) is 0 Å². The van der Waals surface area contributed by atoms with Crippen LogP contribution in [0.3, 0.4) is 0 Å². The molecule has 1 aliphatic rings. The zero-order valence-electron chi connectivity index (χ0n) is 19.1. The van der Waals surface area contributed by atoms with Crippen molar-refractivity contribution in [2.75, 3.05) is 26.2 Å². The van der Waals surface area contributed by atoms with Crippen LogP contribution in [0, 0.1) is 17.7 Å². The molecule has 0 unspecified atom stereocenters. The molecule has 0 saturated carbocycles. The number of hydrogen-bond donors (Lipinski definition) is 1. The lowest BCUT2D eigenvalue weighted by Crippen LogP contribution is -2.40. The summed E-state index contributed by atoms with van der Waals surface area (Å²) >= 11 is 0. The van der Waals surface area contributed by atoms with E-state index in [1.54, 1.807) is 0 Å². The Morgan fingerprint density at radius 2 is 1.91 bits per heavy atom. The third-order valence-electron chi connectivity index (χ3n) is 6.08. The minimum absolute atomic E-state index is 0.105. The van der Waals surface area contributed by atoms with Crippen molar-refractivity contribution >= 4 is 17.0 Å². The summed E-state index contributed by atoms with van der Waals surface area (Å²) in [5, 5.41) is 7.09. The minimum atomic E-state index is -0.381. The third-order valence-corrected chi connectivity index (χ3v) is 6.08. The van der Waals surface area contributed by atoms with Crippen molar-refractivity contribution in [3.63, 3.8) is 0 Å². The molecule has 3 heterocycles. The number of fused-ring (bicyclic) bond motifs is 1. The van der Waals surface area contributed by atoms with Gasteiger partial charge in [0.2, 0.25) is 5.91 Å². The fourth-order valence-corrected chi connectivity index (χ4v) is 4.66. The second-order valence-electron chi connectivity index (χ2n) is 9.12. The average Bonchev–Trinajstić information content (AvgIpc) is 3.21. The van der Waals surface area contributed by atoms with Crippen molar-refractivity contribution in [2.24, 2.45) is 11.8 Å². The standard InChI is InChI=1S/C24H30FN5O3/c1-16-12-17(2)14-29(13-16)10-3-9-26-20(31)8-11-30-15-27-23-21(24(30)32)22(28-33-23)18-4-6-19(25)7-5-18/h4-7,15-17H,3,8-14H2,1-2H3,(H,26,31)/t16-,17-/m0/s1. The molecule has 0 aliphatic carbocycles. The predicted molar refractivity (Wildman–Crippen MR) is 123 cm³/mol. The molecular formula is C24H30FN5O3. The number of halogens is 1. The molecule has 2 atom stereocenters. The number of aryl methyl sites for hydroxylation is 1. The smallest absolute Gasteiger partial charge is 0.266 e. The first-order chi connectivity index (χ1) is 15.9. The van der Waals surface area contributed by atoms with Gasteiger partial charge in [0.1, 0.15) is 23.2 Å². The summed E-state index contributed by atoms with van der Waals surface area (Å²) in [6.45, 7) is 8.63. The molecule has 0 radical (unpaired) electrons. The predicted octanol–water partition coefficient (Wildman–Crippen LogP) is 3.06. The number of carbonyl (C=O) groups excluding carboxylic acids is 1. The van der Waals surface area contributed by atoms with Crippen LogP contribution in [-0.4, -0.2) is 51.7 Å². The van der Waals surface area contributed by atoms with Gasteiger partial charge < -0.3 is 14.7 Å². The van der Waals surface area contributed by atoms with E-state index in [1.807, 2.05) is 0 Å². The Balaban J connectivity index is 1.31. The third kappa shape index (κ3) is 5.65. The lowest BCUT2D eigenvalue weighted by Gasteiger charge is -2.34. The molecule has 1 N–H and O–H groups in total.